The van der Waals surface area contributed by atoms with Crippen LogP contribution in [0.4, 0.5) is 0 Å². The molecule has 298 valence electrons. The van der Waals surface area contributed by atoms with Crippen molar-refractivity contribution in [3.8, 4) is 0 Å². The molecule has 0 spiro atoms. The molecule has 0 heteroatoms. The van der Waals surface area contributed by atoms with Crippen LogP contribution in [0.1, 0.15) is 207 Å². The van der Waals surface area contributed by atoms with E-state index >= 15 is 0 Å². The van der Waals surface area contributed by atoms with E-state index in [1.807, 2.05) is 0 Å². The minimum Gasteiger partial charge on any atom is -0.0622 e. The molecule has 8 bridgehead atoms. The first kappa shape index (κ1) is 42.1. The molecule has 11 aliphatic carbocycles. The van der Waals surface area contributed by atoms with Crippen molar-refractivity contribution in [3.05, 3.63) is 0 Å². The molecule has 11 rings (SSSR count). The van der Waals surface area contributed by atoms with Gasteiger partial charge in [-0.05, 0) is 193 Å². The van der Waals surface area contributed by atoms with E-state index in [1.165, 1.54) is 64.2 Å². The predicted molar refractivity (Wildman–Crippen MR) is 226 cm³/mol. The summed E-state index contributed by atoms with van der Waals surface area (Å²) in [6.07, 6.45) is 22.9. The molecule has 0 heterocycles. The molecule has 0 nitrogen and oxygen atoms in total. The van der Waals surface area contributed by atoms with E-state index in [0.29, 0.717) is 5.41 Å². The molecule has 0 aromatic heterocycles. The smallest absolute Gasteiger partial charge is 0.0194 e. The van der Waals surface area contributed by atoms with Crippen LogP contribution in [0, 0.1) is 116 Å². The molecule has 11 aliphatic rings. The van der Waals surface area contributed by atoms with E-state index in [4.69, 9.17) is 0 Å². The third-order valence-corrected chi connectivity index (χ3v) is 20.1. The molecule has 0 N–H and O–H groups in total. The molecule has 0 aromatic carbocycles. The minimum absolute atomic E-state index is 0.707. The van der Waals surface area contributed by atoms with Gasteiger partial charge in [-0.3, -0.25) is 0 Å². The van der Waals surface area contributed by atoms with Gasteiger partial charge in [-0.25, -0.2) is 0 Å². The number of hydrogen-bond donors (Lipinski definition) is 0. The van der Waals surface area contributed by atoms with Crippen LogP contribution in [0.5, 0.6) is 0 Å². The average molecular weight is 707 g/mol. The second-order valence-electron chi connectivity index (χ2n) is 23.3. The summed E-state index contributed by atoms with van der Waals surface area (Å²) in [4.78, 5) is 0. The van der Waals surface area contributed by atoms with Gasteiger partial charge in [-0.2, -0.15) is 0 Å². The molecule has 4 unspecified atom stereocenters. The fourth-order valence-corrected chi connectivity index (χ4v) is 18.3. The van der Waals surface area contributed by atoms with Crippen LogP contribution in [0.15, 0.2) is 0 Å². The third kappa shape index (κ3) is 6.51. The lowest BCUT2D eigenvalue weighted by Crippen LogP contribution is -2.66. The van der Waals surface area contributed by atoms with Crippen molar-refractivity contribution in [2.24, 2.45) is 116 Å². The van der Waals surface area contributed by atoms with E-state index in [-0.39, 0.29) is 0 Å². The molecule has 51 heavy (non-hydrogen) atoms. The normalized spacial score (nSPS) is 36.7. The van der Waals surface area contributed by atoms with Crippen LogP contribution < -0.4 is 0 Å². The second-order valence-corrected chi connectivity index (χ2v) is 23.3. The minimum atomic E-state index is 0.707. The number of fused-ring (bicyclic) bond motifs is 6. The van der Waals surface area contributed by atoms with Crippen molar-refractivity contribution in [2.45, 2.75) is 207 Å². The van der Waals surface area contributed by atoms with Crippen LogP contribution in [-0.4, -0.2) is 0 Å². The van der Waals surface area contributed by atoms with Gasteiger partial charge < -0.3 is 0 Å². The highest BCUT2D eigenvalue weighted by molar-refractivity contribution is 5.15. The summed E-state index contributed by atoms with van der Waals surface area (Å²) < 4.78 is 0. The van der Waals surface area contributed by atoms with Crippen LogP contribution in [-0.2, 0) is 0 Å². The van der Waals surface area contributed by atoms with E-state index in [1.54, 1.807) is 32.1 Å². The second kappa shape index (κ2) is 15.9. The Morgan fingerprint density at radius 1 is 0.294 bits per heavy atom. The quantitative estimate of drug-likeness (QED) is 0.236. The zero-order valence-electron chi connectivity index (χ0n) is 37.8. The van der Waals surface area contributed by atoms with Crippen molar-refractivity contribution in [3.63, 3.8) is 0 Å². The standard InChI is InChI=1S/2C14H26.C12H22.C11H20/c1-10(2)14(11(3)4)12-6-5-7-13(14)9-8-12;1-10(2)14(11(3)4)12-7-5-6-8-13(14)9-12;1-8(2)12(9(3)4)7-10-5-11(12)6-10;1-7(2)11(8(3)4)9-5-10(11)6-9/h2*10-13H,5-9H2,1-4H3;8-11H,5-7H2,1-4H3;7-10H,5-6H2,1-4H3. The molecular formula is C51H94. The Kier molecular flexibility index (Phi) is 13.1. The number of hydrogen-bond acceptors (Lipinski definition) is 0. The topological polar surface area (TPSA) is 0 Å². The molecule has 0 amide bonds. The Bertz CT molecular complexity index is 1000. The van der Waals surface area contributed by atoms with Gasteiger partial charge in [0, 0.05) is 0 Å². The highest BCUT2D eigenvalue weighted by Gasteiger charge is 2.66. The Balaban J connectivity index is 0.000000132. The van der Waals surface area contributed by atoms with Crippen LogP contribution >= 0.6 is 0 Å². The summed E-state index contributed by atoms with van der Waals surface area (Å²) in [6.45, 7) is 39.1. The SMILES string of the molecule is CC(C)C1(C(C)C)C2CC1C2.CC(C)C1(C(C)C)C2CCCC1CC2.CC(C)C1(C(C)C)C2CCCCC1C2.CC(C)C1(C(C)C)CC2CC1C2. The highest BCUT2D eigenvalue weighted by atomic mass is 14.7. The van der Waals surface area contributed by atoms with E-state index in [0.717, 1.165) is 111 Å². The maximum atomic E-state index is 2.47. The first-order chi connectivity index (χ1) is 23.9. The van der Waals surface area contributed by atoms with Crippen molar-refractivity contribution < 1.29 is 0 Å². The maximum absolute atomic E-state index is 2.47. The van der Waals surface area contributed by atoms with Crippen molar-refractivity contribution in [2.75, 3.05) is 0 Å². The van der Waals surface area contributed by atoms with Gasteiger partial charge in [0.2, 0.25) is 0 Å². The molecular weight excluding hydrogens is 613 g/mol. The lowest BCUT2D eigenvalue weighted by atomic mass is 9.32. The largest absolute Gasteiger partial charge is 0.0622 e. The lowest BCUT2D eigenvalue weighted by Gasteiger charge is -2.72. The van der Waals surface area contributed by atoms with Crippen LogP contribution in [0.3, 0.4) is 0 Å². The summed E-state index contributed by atoms with van der Waals surface area (Å²) in [6, 6.07) is 0. The van der Waals surface area contributed by atoms with Crippen molar-refractivity contribution >= 4 is 0 Å². The van der Waals surface area contributed by atoms with Gasteiger partial charge in [-0.1, -0.05) is 130 Å². The Morgan fingerprint density at radius 3 is 0.824 bits per heavy atom. The Morgan fingerprint density at radius 2 is 0.608 bits per heavy atom. The summed E-state index contributed by atoms with van der Waals surface area (Å²) in [5.74, 6) is 15.8. The summed E-state index contributed by atoms with van der Waals surface area (Å²) in [5, 5.41) is 0. The van der Waals surface area contributed by atoms with Gasteiger partial charge in [-0.15, -0.1) is 0 Å². The Labute approximate surface area is 322 Å². The molecule has 11 saturated carbocycles. The lowest BCUT2D eigenvalue weighted by molar-refractivity contribution is -0.239. The van der Waals surface area contributed by atoms with E-state index < -0.39 is 0 Å². The first-order valence-corrected chi connectivity index (χ1v) is 23.9. The summed E-state index contributed by atoms with van der Waals surface area (Å²) >= 11 is 0. The number of rotatable bonds is 8. The monoisotopic (exact) mass is 707 g/mol. The molecule has 0 aromatic rings. The fraction of sp³-hybridized carbons (Fsp3) is 1.00. The Hall–Kier alpha value is 0. The zero-order chi connectivity index (χ0) is 37.8. The predicted octanol–water partition coefficient (Wildman–Crippen LogP) is 16.0. The van der Waals surface area contributed by atoms with Gasteiger partial charge in [0.15, 0.2) is 0 Å². The average Bonchev–Trinajstić information content (AvgIpc) is 3.44. The zero-order valence-corrected chi connectivity index (χ0v) is 37.8. The van der Waals surface area contributed by atoms with Crippen LogP contribution in [0.2, 0.25) is 0 Å². The fourth-order valence-electron chi connectivity index (χ4n) is 18.3. The molecule has 0 aliphatic heterocycles. The van der Waals surface area contributed by atoms with Crippen molar-refractivity contribution in [1.82, 2.24) is 0 Å². The van der Waals surface area contributed by atoms with Gasteiger partial charge in [0.1, 0.15) is 0 Å². The van der Waals surface area contributed by atoms with Gasteiger partial charge >= 0.3 is 0 Å². The van der Waals surface area contributed by atoms with E-state index in [2.05, 4.69) is 111 Å². The van der Waals surface area contributed by atoms with E-state index in [9.17, 15) is 0 Å². The summed E-state index contributed by atoms with van der Waals surface area (Å²) in [7, 11) is 0. The van der Waals surface area contributed by atoms with Gasteiger partial charge in [0.25, 0.3) is 0 Å². The molecule has 4 atom stereocenters. The first-order valence-electron chi connectivity index (χ1n) is 23.9. The molecule has 0 radical (unpaired) electrons. The van der Waals surface area contributed by atoms with Gasteiger partial charge in [0.05, 0.1) is 0 Å². The third-order valence-electron chi connectivity index (χ3n) is 20.1. The molecule has 11 fully saturated rings. The van der Waals surface area contributed by atoms with Crippen molar-refractivity contribution in [1.29, 1.82) is 0 Å². The molecule has 0 saturated heterocycles. The maximum Gasteiger partial charge on any atom is -0.0194 e. The summed E-state index contributed by atoms with van der Waals surface area (Å²) in [5.41, 5.74) is 2.93. The highest BCUT2D eigenvalue weighted by Crippen LogP contribution is 2.73. The van der Waals surface area contributed by atoms with Crippen LogP contribution in [0.25, 0.3) is 0 Å².